The smallest absolute Gasteiger partial charge is 0.0334 e. The zero-order valence-corrected chi connectivity index (χ0v) is 10.1. The van der Waals surface area contributed by atoms with Crippen LogP contribution in [-0.4, -0.2) is 0 Å². The molecule has 0 radical (unpaired) electrons. The maximum Gasteiger partial charge on any atom is 0.0334 e. The molecule has 0 atom stereocenters. The Kier molecular flexibility index (Phi) is 6.48. The third-order valence-corrected chi connectivity index (χ3v) is 2.02. The number of rotatable bonds is 5. The molecule has 0 saturated carbocycles. The van der Waals surface area contributed by atoms with Crippen molar-refractivity contribution < 1.29 is 0 Å². The quantitative estimate of drug-likeness (QED) is 0.577. The lowest BCUT2D eigenvalue weighted by atomic mass is 10.1. The Hall–Kier alpha value is -1.27. The molecule has 0 saturated heterocycles. The lowest BCUT2D eigenvalue weighted by Gasteiger charge is -1.98. The second-order valence-corrected chi connectivity index (χ2v) is 3.76. The van der Waals surface area contributed by atoms with Gasteiger partial charge in [-0.15, -0.1) is 0 Å². The van der Waals surface area contributed by atoms with Crippen LogP contribution < -0.4 is 0 Å². The predicted molar refractivity (Wildman–Crippen MR) is 71.0 cm³/mol. The van der Waals surface area contributed by atoms with E-state index in [0.717, 1.165) is 16.7 Å². The zero-order chi connectivity index (χ0) is 11.8. The highest BCUT2D eigenvalue weighted by atomic mass is 35.5. The van der Waals surface area contributed by atoms with Crippen LogP contribution in [0.2, 0.25) is 0 Å². The van der Waals surface area contributed by atoms with Gasteiger partial charge in [0, 0.05) is 5.03 Å². The van der Waals surface area contributed by atoms with Gasteiger partial charge in [0.05, 0.1) is 0 Å². The predicted octanol–water partition coefficient (Wildman–Crippen LogP) is 4.93. The molecule has 0 amide bonds. The maximum atomic E-state index is 5.61. The summed E-state index contributed by atoms with van der Waals surface area (Å²) < 4.78 is 0. The summed E-state index contributed by atoms with van der Waals surface area (Å²) in [6.45, 7) is 15.2. The molecular formula is C14H17Cl. The molecule has 0 aliphatic carbocycles. The topological polar surface area (TPSA) is 0 Å². The van der Waals surface area contributed by atoms with Crippen molar-refractivity contribution in [2.45, 2.75) is 13.8 Å². The molecule has 0 bridgehead atoms. The molecule has 0 nitrogen and oxygen atoms in total. The van der Waals surface area contributed by atoms with Crippen molar-refractivity contribution in [3.63, 3.8) is 0 Å². The highest BCUT2D eigenvalue weighted by Crippen LogP contribution is 2.11. The highest BCUT2D eigenvalue weighted by Gasteiger charge is 1.90. The fraction of sp³-hybridized carbons (Fsp3) is 0.143. The Morgan fingerprint density at radius 1 is 1.07 bits per heavy atom. The largest absolute Gasteiger partial charge is 0.0988 e. The Labute approximate surface area is 97.6 Å². The standard InChI is InChI=1S/C14H17Cl/c1-6-11(2)7-8-12(3)13(4)9-10-14(5)15/h6-10H,1,4-5H2,2-3H3/b10-9-,11-7-,12-8+. The van der Waals surface area contributed by atoms with E-state index in [1.165, 1.54) is 0 Å². The van der Waals surface area contributed by atoms with Crippen LogP contribution in [-0.2, 0) is 0 Å². The first kappa shape index (κ1) is 13.7. The highest BCUT2D eigenvalue weighted by molar-refractivity contribution is 6.30. The summed E-state index contributed by atoms with van der Waals surface area (Å²) in [6.07, 6.45) is 9.38. The summed E-state index contributed by atoms with van der Waals surface area (Å²) in [5, 5.41) is 0.502. The van der Waals surface area contributed by atoms with Gasteiger partial charge in [0.1, 0.15) is 0 Å². The second kappa shape index (κ2) is 7.08. The summed E-state index contributed by atoms with van der Waals surface area (Å²) in [7, 11) is 0. The number of hydrogen-bond acceptors (Lipinski definition) is 0. The van der Waals surface area contributed by atoms with E-state index in [0.29, 0.717) is 5.03 Å². The molecule has 1 heteroatoms. The first-order valence-corrected chi connectivity index (χ1v) is 5.04. The van der Waals surface area contributed by atoms with Crippen LogP contribution in [0.15, 0.2) is 71.9 Å². The van der Waals surface area contributed by atoms with Crippen LogP contribution in [0.3, 0.4) is 0 Å². The van der Waals surface area contributed by atoms with Gasteiger partial charge in [0.2, 0.25) is 0 Å². The number of hydrogen-bond donors (Lipinski definition) is 0. The average Bonchev–Trinajstić information content (AvgIpc) is 2.21. The Morgan fingerprint density at radius 3 is 2.13 bits per heavy atom. The molecule has 0 aromatic heterocycles. The van der Waals surface area contributed by atoms with E-state index in [2.05, 4.69) is 19.7 Å². The summed E-state index contributed by atoms with van der Waals surface area (Å²) >= 11 is 5.61. The van der Waals surface area contributed by atoms with E-state index in [1.54, 1.807) is 6.08 Å². The number of halogens is 1. The van der Waals surface area contributed by atoms with Crippen molar-refractivity contribution in [1.29, 1.82) is 0 Å². The monoisotopic (exact) mass is 220 g/mol. The Balaban J connectivity index is 4.58. The lowest BCUT2D eigenvalue weighted by Crippen LogP contribution is -1.78. The van der Waals surface area contributed by atoms with Crippen LogP contribution in [0, 0.1) is 0 Å². The molecule has 15 heavy (non-hydrogen) atoms. The van der Waals surface area contributed by atoms with Gasteiger partial charge in [-0.3, -0.25) is 0 Å². The van der Waals surface area contributed by atoms with Gasteiger partial charge in [-0.2, -0.15) is 0 Å². The summed E-state index contributed by atoms with van der Waals surface area (Å²) in [6, 6.07) is 0. The molecule has 0 fully saturated rings. The number of allylic oxidation sites excluding steroid dienone is 9. The first-order chi connectivity index (χ1) is 6.97. The van der Waals surface area contributed by atoms with Gasteiger partial charge in [-0.05, 0) is 31.1 Å². The Morgan fingerprint density at radius 2 is 1.67 bits per heavy atom. The molecule has 0 N–H and O–H groups in total. The molecule has 0 spiro atoms. The minimum absolute atomic E-state index is 0.502. The summed E-state index contributed by atoms with van der Waals surface area (Å²) in [4.78, 5) is 0. The molecule has 0 unspecified atom stereocenters. The zero-order valence-electron chi connectivity index (χ0n) is 9.39. The molecule has 0 aliphatic heterocycles. The molecule has 80 valence electrons. The van der Waals surface area contributed by atoms with Crippen molar-refractivity contribution in [3.05, 3.63) is 71.9 Å². The van der Waals surface area contributed by atoms with Crippen molar-refractivity contribution >= 4 is 11.6 Å². The third-order valence-electron chi connectivity index (χ3n) is 1.89. The van der Waals surface area contributed by atoms with E-state index in [4.69, 9.17) is 11.6 Å². The average molecular weight is 221 g/mol. The van der Waals surface area contributed by atoms with E-state index >= 15 is 0 Å². The molecular weight excluding hydrogens is 204 g/mol. The van der Waals surface area contributed by atoms with Crippen LogP contribution in [0.4, 0.5) is 0 Å². The molecule has 0 aliphatic rings. The lowest BCUT2D eigenvalue weighted by molar-refractivity contribution is 1.42. The summed E-state index contributed by atoms with van der Waals surface area (Å²) in [5.41, 5.74) is 3.13. The van der Waals surface area contributed by atoms with Crippen LogP contribution in [0.1, 0.15) is 13.8 Å². The molecule has 0 aromatic carbocycles. The fourth-order valence-corrected chi connectivity index (χ4v) is 0.817. The molecule has 0 heterocycles. The SMILES string of the molecule is C=C/C(C)=C\C=C(/C)C(=C)/C=C\C(=C)Cl. The van der Waals surface area contributed by atoms with Gasteiger partial charge in [-0.25, -0.2) is 0 Å². The second-order valence-electron chi connectivity index (χ2n) is 3.27. The van der Waals surface area contributed by atoms with Crippen molar-refractivity contribution in [2.24, 2.45) is 0 Å². The van der Waals surface area contributed by atoms with E-state index in [-0.39, 0.29) is 0 Å². The van der Waals surface area contributed by atoms with Gasteiger partial charge in [-0.1, -0.05) is 61.2 Å². The molecule has 0 aromatic rings. The minimum Gasteiger partial charge on any atom is -0.0988 e. The van der Waals surface area contributed by atoms with E-state index in [1.807, 2.05) is 38.2 Å². The van der Waals surface area contributed by atoms with Gasteiger partial charge in [0.25, 0.3) is 0 Å². The maximum absolute atomic E-state index is 5.61. The molecule has 0 rings (SSSR count). The normalized spacial score (nSPS) is 13.0. The van der Waals surface area contributed by atoms with Crippen molar-refractivity contribution in [2.75, 3.05) is 0 Å². The van der Waals surface area contributed by atoms with Crippen LogP contribution in [0.25, 0.3) is 0 Å². The first-order valence-electron chi connectivity index (χ1n) is 4.66. The minimum atomic E-state index is 0.502. The van der Waals surface area contributed by atoms with Crippen LogP contribution in [0.5, 0.6) is 0 Å². The van der Waals surface area contributed by atoms with E-state index < -0.39 is 0 Å². The Bertz CT molecular complexity index is 352. The van der Waals surface area contributed by atoms with Crippen molar-refractivity contribution in [3.8, 4) is 0 Å². The summed E-state index contributed by atoms with van der Waals surface area (Å²) in [5.74, 6) is 0. The van der Waals surface area contributed by atoms with Crippen molar-refractivity contribution in [1.82, 2.24) is 0 Å². The van der Waals surface area contributed by atoms with E-state index in [9.17, 15) is 0 Å². The van der Waals surface area contributed by atoms with Crippen LogP contribution >= 0.6 is 11.6 Å². The fourth-order valence-electron chi connectivity index (χ4n) is 0.754. The van der Waals surface area contributed by atoms with Gasteiger partial charge >= 0.3 is 0 Å². The van der Waals surface area contributed by atoms with Gasteiger partial charge in [0.15, 0.2) is 0 Å². The third kappa shape index (κ3) is 6.75. The van der Waals surface area contributed by atoms with Gasteiger partial charge < -0.3 is 0 Å².